The zero-order valence-electron chi connectivity index (χ0n) is 23.3. The third-order valence-corrected chi connectivity index (χ3v) is 6.42. The second kappa shape index (κ2) is 16.0. The van der Waals surface area contributed by atoms with E-state index in [1.165, 1.54) is 6.08 Å². The first kappa shape index (κ1) is 32.0. The van der Waals surface area contributed by atoms with Gasteiger partial charge in [0, 0.05) is 30.4 Å². The maximum atomic E-state index is 12.9. The van der Waals surface area contributed by atoms with Gasteiger partial charge in [0.25, 0.3) is 0 Å². The maximum Gasteiger partial charge on any atom is 0.331 e. The van der Waals surface area contributed by atoms with Crippen molar-refractivity contribution in [2.75, 3.05) is 0 Å². The summed E-state index contributed by atoms with van der Waals surface area (Å²) in [5.74, 6) is -2.16. The van der Waals surface area contributed by atoms with Crippen LogP contribution in [0.1, 0.15) is 67.7 Å². The molecule has 6 atom stereocenters. The number of hydrogen-bond acceptors (Lipinski definition) is 5. The van der Waals surface area contributed by atoms with Crippen molar-refractivity contribution in [2.45, 2.75) is 79.9 Å². The minimum atomic E-state index is -1.01. The van der Waals surface area contributed by atoms with Crippen LogP contribution < -0.4 is 0 Å². The molecule has 0 aliphatic carbocycles. The fourth-order valence-corrected chi connectivity index (χ4v) is 4.46. The zero-order valence-corrected chi connectivity index (χ0v) is 23.3. The molecule has 1 rings (SSSR count). The number of carboxylic acid groups (broad SMARTS) is 1. The lowest BCUT2D eigenvalue weighted by molar-refractivity contribution is -0.141. The third kappa shape index (κ3) is 12.7. The average Bonchev–Trinajstić information content (AvgIpc) is 2.80. The van der Waals surface area contributed by atoms with Gasteiger partial charge in [-0.25, -0.2) is 9.59 Å². The molecule has 0 spiro atoms. The molecule has 0 unspecified atom stereocenters. The molecule has 0 aromatic rings. The van der Waals surface area contributed by atoms with Crippen molar-refractivity contribution in [1.82, 2.24) is 0 Å². The Bertz CT molecular complexity index is 978. The van der Waals surface area contributed by atoms with Crippen LogP contribution in [0.4, 0.5) is 0 Å². The van der Waals surface area contributed by atoms with Gasteiger partial charge in [-0.1, -0.05) is 80.9 Å². The van der Waals surface area contributed by atoms with Crippen molar-refractivity contribution < 1.29 is 29.3 Å². The molecule has 1 aliphatic heterocycles. The van der Waals surface area contributed by atoms with Crippen LogP contribution in [-0.4, -0.2) is 40.1 Å². The molecule has 0 saturated carbocycles. The Morgan fingerprint density at radius 2 is 1.73 bits per heavy atom. The van der Waals surface area contributed by atoms with Crippen molar-refractivity contribution >= 4 is 17.7 Å². The molecule has 6 heteroatoms. The van der Waals surface area contributed by atoms with Gasteiger partial charge in [-0.05, 0) is 51.5 Å². The van der Waals surface area contributed by atoms with E-state index in [0.29, 0.717) is 24.3 Å². The maximum absolute atomic E-state index is 12.9. The molecule has 37 heavy (non-hydrogen) atoms. The number of aliphatic hydroxyl groups excluding tert-OH is 1. The predicted octanol–water partition coefficient (Wildman–Crippen LogP) is 6.15. The number of rotatable bonds is 14. The van der Waals surface area contributed by atoms with Crippen molar-refractivity contribution in [3.8, 4) is 0 Å². The summed E-state index contributed by atoms with van der Waals surface area (Å²) >= 11 is 0. The van der Waals surface area contributed by atoms with Gasteiger partial charge in [0.2, 0.25) is 0 Å². The summed E-state index contributed by atoms with van der Waals surface area (Å²) in [5, 5.41) is 19.5. The number of carboxylic acids is 1. The van der Waals surface area contributed by atoms with Crippen LogP contribution in [0.2, 0.25) is 0 Å². The monoisotopic (exact) mass is 512 g/mol. The summed E-state index contributed by atoms with van der Waals surface area (Å²) in [6.45, 7) is 13.2. The predicted molar refractivity (Wildman–Crippen MR) is 148 cm³/mol. The summed E-state index contributed by atoms with van der Waals surface area (Å²) in [6.07, 6.45) is 17.4. The van der Waals surface area contributed by atoms with Crippen LogP contribution in [-0.2, 0) is 19.1 Å². The van der Waals surface area contributed by atoms with Gasteiger partial charge in [0.05, 0.1) is 6.10 Å². The molecule has 0 aromatic carbocycles. The smallest absolute Gasteiger partial charge is 0.331 e. The van der Waals surface area contributed by atoms with E-state index < -0.39 is 18.0 Å². The number of cyclic esters (lactones) is 1. The number of carbonyl (C=O) groups is 3. The highest BCUT2D eigenvalue weighted by Crippen LogP contribution is 2.24. The summed E-state index contributed by atoms with van der Waals surface area (Å²) in [4.78, 5) is 35.0. The minimum Gasteiger partial charge on any atom is -0.478 e. The SMILES string of the molecule is CC(/C=C/[C@@H]1CC=CC(=O)O1)=C\[C@H](C)C/C=C/C(C)=C/[C@H](C)C(=O)[C@H](C)[C@H](O)[C@H](C)C/C(C)=C/C(=O)O. The Balaban J connectivity index is 2.60. The summed E-state index contributed by atoms with van der Waals surface area (Å²) in [6, 6.07) is 0. The lowest BCUT2D eigenvalue weighted by Gasteiger charge is -2.25. The third-order valence-electron chi connectivity index (χ3n) is 6.42. The van der Waals surface area contributed by atoms with Crippen LogP contribution in [0.25, 0.3) is 0 Å². The van der Waals surface area contributed by atoms with Gasteiger partial charge >= 0.3 is 11.9 Å². The number of allylic oxidation sites excluding steroid dienone is 8. The van der Waals surface area contributed by atoms with Gasteiger partial charge in [0.15, 0.2) is 0 Å². The van der Waals surface area contributed by atoms with E-state index >= 15 is 0 Å². The first-order valence-corrected chi connectivity index (χ1v) is 13.0. The minimum absolute atomic E-state index is 0.0372. The largest absolute Gasteiger partial charge is 0.478 e. The summed E-state index contributed by atoms with van der Waals surface area (Å²) in [7, 11) is 0. The first-order valence-electron chi connectivity index (χ1n) is 13.0. The average molecular weight is 513 g/mol. The second-order valence-electron chi connectivity index (χ2n) is 10.4. The molecule has 0 fully saturated rings. The number of ketones is 1. The standard InChI is InChI=1S/C31H44O6/c1-20(16-22(3)14-15-27-12-9-13-29(34)37-27)10-8-11-21(2)17-24(5)30(35)26(7)31(36)25(6)18-23(4)19-28(32)33/h8-9,11,13-17,19-20,24-27,31,36H,10,12,18H2,1-7H3,(H,32,33)/b11-8+,15-14+,21-17+,22-16+,23-19+/t20-,24+,25-,26+,27+,31-/m1/s1. The quantitative estimate of drug-likeness (QED) is 0.164. The topological polar surface area (TPSA) is 101 Å². The number of ether oxygens (including phenoxy) is 1. The van der Waals surface area contributed by atoms with Crippen LogP contribution >= 0.6 is 0 Å². The Morgan fingerprint density at radius 1 is 1.08 bits per heavy atom. The lowest BCUT2D eigenvalue weighted by atomic mass is 9.83. The van der Waals surface area contributed by atoms with Crippen LogP contribution in [0.3, 0.4) is 0 Å². The Morgan fingerprint density at radius 3 is 2.35 bits per heavy atom. The van der Waals surface area contributed by atoms with E-state index in [0.717, 1.165) is 23.6 Å². The fourth-order valence-electron chi connectivity index (χ4n) is 4.46. The summed E-state index contributed by atoms with van der Waals surface area (Å²) < 4.78 is 5.23. The number of carbonyl (C=O) groups excluding carboxylic acids is 2. The second-order valence-corrected chi connectivity index (χ2v) is 10.4. The number of aliphatic carboxylic acids is 1. The van der Waals surface area contributed by atoms with Gasteiger partial charge in [-0.3, -0.25) is 4.79 Å². The highest BCUT2D eigenvalue weighted by atomic mass is 16.5. The van der Waals surface area contributed by atoms with E-state index in [2.05, 4.69) is 19.1 Å². The van der Waals surface area contributed by atoms with E-state index in [9.17, 15) is 19.5 Å². The molecular formula is C31H44O6. The van der Waals surface area contributed by atoms with Gasteiger partial charge < -0.3 is 14.9 Å². The molecule has 2 N–H and O–H groups in total. The zero-order chi connectivity index (χ0) is 28.1. The molecule has 1 aliphatic rings. The Labute approximate surface area is 222 Å². The molecule has 204 valence electrons. The normalized spacial score (nSPS) is 21.6. The van der Waals surface area contributed by atoms with Crippen LogP contribution in [0.5, 0.6) is 0 Å². The first-order chi connectivity index (χ1) is 17.3. The van der Waals surface area contributed by atoms with Gasteiger partial charge in [-0.15, -0.1) is 0 Å². The number of hydrogen-bond donors (Lipinski definition) is 2. The highest BCUT2D eigenvalue weighted by Gasteiger charge is 2.29. The molecule has 0 radical (unpaired) electrons. The number of aliphatic hydroxyl groups is 1. The Kier molecular flexibility index (Phi) is 13.8. The van der Waals surface area contributed by atoms with Crippen molar-refractivity contribution in [3.05, 3.63) is 71.4 Å². The van der Waals surface area contributed by atoms with Crippen molar-refractivity contribution in [3.63, 3.8) is 0 Å². The number of Topliss-reactive ketones (excluding diaryl/α,β-unsaturated/α-hetero) is 1. The van der Waals surface area contributed by atoms with Crippen LogP contribution in [0, 0.1) is 23.7 Å². The highest BCUT2D eigenvalue weighted by molar-refractivity contribution is 5.85. The van der Waals surface area contributed by atoms with E-state index in [-0.39, 0.29) is 29.7 Å². The van der Waals surface area contributed by atoms with E-state index in [1.54, 1.807) is 13.8 Å². The van der Waals surface area contributed by atoms with E-state index in [1.807, 2.05) is 58.1 Å². The molecule has 0 amide bonds. The molecule has 6 nitrogen and oxygen atoms in total. The lowest BCUT2D eigenvalue weighted by Crippen LogP contribution is -2.34. The summed E-state index contributed by atoms with van der Waals surface area (Å²) in [5.41, 5.74) is 2.75. The van der Waals surface area contributed by atoms with Gasteiger partial charge in [-0.2, -0.15) is 0 Å². The molecule has 0 saturated heterocycles. The van der Waals surface area contributed by atoms with E-state index in [4.69, 9.17) is 9.84 Å². The molecular weight excluding hydrogens is 468 g/mol. The fraction of sp³-hybridized carbons (Fsp3) is 0.516. The molecule has 0 aromatic heterocycles. The van der Waals surface area contributed by atoms with Gasteiger partial charge in [0.1, 0.15) is 11.9 Å². The van der Waals surface area contributed by atoms with Crippen LogP contribution in [0.15, 0.2) is 71.4 Å². The molecule has 0 bridgehead atoms. The molecule has 1 heterocycles. The Hall–Kier alpha value is -2.99. The van der Waals surface area contributed by atoms with Crippen molar-refractivity contribution in [1.29, 1.82) is 0 Å². The van der Waals surface area contributed by atoms with Crippen molar-refractivity contribution in [2.24, 2.45) is 23.7 Å². The number of esters is 1.